The van der Waals surface area contributed by atoms with E-state index in [1.807, 2.05) is 18.2 Å². The molecule has 0 saturated carbocycles. The maximum atomic E-state index is 13.4. The molecule has 2 rings (SSSR count). The molecule has 0 amide bonds. The molecular formula is C16H11ClFNO. The summed E-state index contributed by atoms with van der Waals surface area (Å²) in [6, 6.07) is 15.4. The normalized spacial score (nSPS) is 11.5. The summed E-state index contributed by atoms with van der Waals surface area (Å²) in [6.07, 6.45) is 0. The molecule has 4 heteroatoms. The third-order valence-electron chi connectivity index (χ3n) is 2.80. The predicted molar refractivity (Wildman–Crippen MR) is 77.7 cm³/mol. The molecule has 2 aromatic carbocycles. The second-order valence-corrected chi connectivity index (χ2v) is 4.39. The molecule has 100 valence electrons. The van der Waals surface area contributed by atoms with Crippen LogP contribution in [0.4, 0.5) is 4.39 Å². The number of methoxy groups -OCH3 is 1. The SMILES string of the molecule is COc1cc(/C(Cl)=C(/C#N)c2ccccc2)ccc1F. The molecule has 0 aliphatic heterocycles. The molecule has 0 heterocycles. The summed E-state index contributed by atoms with van der Waals surface area (Å²) < 4.78 is 18.3. The Morgan fingerprint density at radius 1 is 1.15 bits per heavy atom. The van der Waals surface area contributed by atoms with Crippen molar-refractivity contribution in [2.45, 2.75) is 0 Å². The van der Waals surface area contributed by atoms with Crippen molar-refractivity contribution >= 4 is 22.2 Å². The quantitative estimate of drug-likeness (QED) is 0.616. The Morgan fingerprint density at radius 3 is 2.45 bits per heavy atom. The first-order valence-corrected chi connectivity index (χ1v) is 6.24. The molecule has 0 N–H and O–H groups in total. The van der Waals surface area contributed by atoms with Crippen LogP contribution in [0.3, 0.4) is 0 Å². The van der Waals surface area contributed by atoms with Gasteiger partial charge in [0.15, 0.2) is 11.6 Å². The zero-order valence-electron chi connectivity index (χ0n) is 10.7. The van der Waals surface area contributed by atoms with Gasteiger partial charge in [-0.2, -0.15) is 5.26 Å². The Morgan fingerprint density at radius 2 is 1.85 bits per heavy atom. The van der Waals surface area contributed by atoms with E-state index in [1.54, 1.807) is 12.1 Å². The summed E-state index contributed by atoms with van der Waals surface area (Å²) in [4.78, 5) is 0. The molecule has 20 heavy (non-hydrogen) atoms. The monoisotopic (exact) mass is 287 g/mol. The minimum Gasteiger partial charge on any atom is -0.494 e. The van der Waals surface area contributed by atoms with Gasteiger partial charge in [-0.3, -0.25) is 0 Å². The van der Waals surface area contributed by atoms with Gasteiger partial charge in [0.05, 0.1) is 17.7 Å². The molecule has 0 unspecified atom stereocenters. The van der Waals surface area contributed by atoms with Crippen LogP contribution in [-0.2, 0) is 0 Å². The molecule has 2 aromatic rings. The van der Waals surface area contributed by atoms with Crippen molar-refractivity contribution in [3.63, 3.8) is 0 Å². The number of benzene rings is 2. The maximum Gasteiger partial charge on any atom is 0.165 e. The van der Waals surface area contributed by atoms with Crippen LogP contribution < -0.4 is 4.74 Å². The Hall–Kier alpha value is -2.31. The summed E-state index contributed by atoms with van der Waals surface area (Å²) in [7, 11) is 1.38. The Kier molecular flexibility index (Phi) is 4.39. The predicted octanol–water partition coefficient (Wildman–Crippen LogP) is 4.46. The summed E-state index contributed by atoms with van der Waals surface area (Å²) in [6.45, 7) is 0. The average Bonchev–Trinajstić information content (AvgIpc) is 2.49. The highest BCUT2D eigenvalue weighted by Crippen LogP contribution is 2.31. The fourth-order valence-corrected chi connectivity index (χ4v) is 2.05. The van der Waals surface area contributed by atoms with Crippen molar-refractivity contribution in [1.82, 2.24) is 0 Å². The second kappa shape index (κ2) is 6.23. The maximum absolute atomic E-state index is 13.4. The molecule has 0 aliphatic carbocycles. The number of nitriles is 1. The second-order valence-electron chi connectivity index (χ2n) is 4.02. The van der Waals surface area contributed by atoms with E-state index in [1.165, 1.54) is 25.3 Å². The van der Waals surface area contributed by atoms with Gasteiger partial charge in [-0.25, -0.2) is 4.39 Å². The van der Waals surface area contributed by atoms with Gasteiger partial charge in [-0.1, -0.05) is 48.0 Å². The van der Waals surface area contributed by atoms with Crippen molar-refractivity contribution < 1.29 is 9.13 Å². The molecular weight excluding hydrogens is 277 g/mol. The summed E-state index contributed by atoms with van der Waals surface area (Å²) in [5.74, 6) is -0.384. The van der Waals surface area contributed by atoms with E-state index in [0.29, 0.717) is 16.7 Å². The first kappa shape index (κ1) is 14.1. The van der Waals surface area contributed by atoms with E-state index >= 15 is 0 Å². The molecule has 0 atom stereocenters. The first-order valence-electron chi connectivity index (χ1n) is 5.86. The van der Waals surface area contributed by atoms with Gasteiger partial charge in [-0.05, 0) is 23.3 Å². The van der Waals surface area contributed by atoms with E-state index in [-0.39, 0.29) is 10.8 Å². The Balaban J connectivity index is 2.55. The minimum absolute atomic E-state index is 0.0889. The number of hydrogen-bond acceptors (Lipinski definition) is 2. The van der Waals surface area contributed by atoms with Crippen molar-refractivity contribution in [2.75, 3.05) is 7.11 Å². The Bertz CT molecular complexity index is 689. The topological polar surface area (TPSA) is 33.0 Å². The number of allylic oxidation sites excluding steroid dienone is 1. The van der Waals surface area contributed by atoms with Gasteiger partial charge in [0.1, 0.15) is 6.07 Å². The molecule has 2 nitrogen and oxygen atoms in total. The summed E-state index contributed by atoms with van der Waals surface area (Å²) in [5, 5.41) is 9.56. The third kappa shape index (κ3) is 2.81. The van der Waals surface area contributed by atoms with E-state index in [4.69, 9.17) is 16.3 Å². The highest BCUT2D eigenvalue weighted by molar-refractivity contribution is 6.53. The van der Waals surface area contributed by atoms with E-state index in [9.17, 15) is 9.65 Å². The lowest BCUT2D eigenvalue weighted by Crippen LogP contribution is -1.91. The van der Waals surface area contributed by atoms with Gasteiger partial charge in [0.2, 0.25) is 0 Å². The highest BCUT2D eigenvalue weighted by atomic mass is 35.5. The largest absolute Gasteiger partial charge is 0.494 e. The van der Waals surface area contributed by atoms with E-state index < -0.39 is 5.82 Å². The Labute approximate surface area is 121 Å². The standard InChI is InChI=1S/C16H11ClFNO/c1-20-15-9-12(7-8-14(15)18)16(17)13(10-19)11-5-3-2-4-6-11/h2-9H,1H3/b16-13+. The van der Waals surface area contributed by atoms with Gasteiger partial charge in [-0.15, -0.1) is 0 Å². The minimum atomic E-state index is -0.473. The van der Waals surface area contributed by atoms with Gasteiger partial charge >= 0.3 is 0 Å². The summed E-state index contributed by atoms with van der Waals surface area (Å²) in [5.41, 5.74) is 1.58. The van der Waals surface area contributed by atoms with Crippen LogP contribution in [0, 0.1) is 17.1 Å². The van der Waals surface area contributed by atoms with Gasteiger partial charge in [0.25, 0.3) is 0 Å². The highest BCUT2D eigenvalue weighted by Gasteiger charge is 2.12. The lowest BCUT2D eigenvalue weighted by Gasteiger charge is -2.07. The zero-order valence-corrected chi connectivity index (χ0v) is 11.5. The van der Waals surface area contributed by atoms with Crippen LogP contribution in [-0.4, -0.2) is 7.11 Å². The van der Waals surface area contributed by atoms with Crippen LogP contribution in [0.25, 0.3) is 10.6 Å². The molecule has 0 aliphatic rings. The zero-order chi connectivity index (χ0) is 14.5. The number of nitrogens with zero attached hydrogens (tertiary/aromatic N) is 1. The molecule has 0 saturated heterocycles. The molecule has 0 aromatic heterocycles. The van der Waals surface area contributed by atoms with E-state index in [0.717, 1.165) is 0 Å². The molecule has 0 fully saturated rings. The molecule has 0 radical (unpaired) electrons. The number of ether oxygens (including phenoxy) is 1. The summed E-state index contributed by atoms with van der Waals surface area (Å²) >= 11 is 6.27. The molecule has 0 bridgehead atoms. The van der Waals surface area contributed by atoms with Crippen LogP contribution in [0.15, 0.2) is 48.5 Å². The third-order valence-corrected chi connectivity index (χ3v) is 3.21. The average molecular weight is 288 g/mol. The van der Waals surface area contributed by atoms with Gasteiger partial charge < -0.3 is 4.74 Å². The van der Waals surface area contributed by atoms with Crippen LogP contribution in [0.1, 0.15) is 11.1 Å². The van der Waals surface area contributed by atoms with Crippen LogP contribution in [0.2, 0.25) is 0 Å². The lowest BCUT2D eigenvalue weighted by atomic mass is 10.0. The molecule has 0 spiro atoms. The van der Waals surface area contributed by atoms with Crippen molar-refractivity contribution in [1.29, 1.82) is 5.26 Å². The fraction of sp³-hybridized carbons (Fsp3) is 0.0625. The number of hydrogen-bond donors (Lipinski definition) is 0. The number of rotatable bonds is 3. The fourth-order valence-electron chi connectivity index (χ4n) is 1.79. The lowest BCUT2D eigenvalue weighted by molar-refractivity contribution is 0.386. The van der Waals surface area contributed by atoms with Gasteiger partial charge in [0, 0.05) is 0 Å². The van der Waals surface area contributed by atoms with Crippen LogP contribution >= 0.6 is 11.6 Å². The van der Waals surface area contributed by atoms with Crippen molar-refractivity contribution in [3.05, 3.63) is 65.5 Å². The first-order chi connectivity index (χ1) is 9.67. The van der Waals surface area contributed by atoms with Crippen LogP contribution in [0.5, 0.6) is 5.75 Å². The van der Waals surface area contributed by atoms with Crippen molar-refractivity contribution in [2.24, 2.45) is 0 Å². The van der Waals surface area contributed by atoms with E-state index in [2.05, 4.69) is 6.07 Å². The smallest absolute Gasteiger partial charge is 0.165 e. The number of halogens is 2. The van der Waals surface area contributed by atoms with Crippen molar-refractivity contribution in [3.8, 4) is 11.8 Å².